The van der Waals surface area contributed by atoms with E-state index in [1.807, 2.05) is 0 Å². The molecule has 38 heavy (non-hydrogen) atoms. The predicted molar refractivity (Wildman–Crippen MR) is 128 cm³/mol. The second kappa shape index (κ2) is 10.8. The van der Waals surface area contributed by atoms with Gasteiger partial charge in [0.1, 0.15) is 53.5 Å². The standard InChI is InChI=1S/C25H26O13/c1-10(26)35-9-17-19(29)21(31)22(32)25(37-17)38-24-20(30)18-14(28)7-12(33-2)8-16(18)36-23(24)11-4-5-13(27)15(6-11)34-3/h4-8,17,19,21-22,25,27-29,31-32H,9H2,1-3H3. The zero-order chi connectivity index (χ0) is 27.7. The summed E-state index contributed by atoms with van der Waals surface area (Å²) >= 11 is 0. The van der Waals surface area contributed by atoms with Gasteiger partial charge >= 0.3 is 5.97 Å². The number of ether oxygens (including phenoxy) is 5. The van der Waals surface area contributed by atoms with Crippen LogP contribution >= 0.6 is 0 Å². The van der Waals surface area contributed by atoms with E-state index in [1.165, 1.54) is 44.6 Å². The highest BCUT2D eigenvalue weighted by Crippen LogP contribution is 2.39. The van der Waals surface area contributed by atoms with E-state index in [0.717, 1.165) is 6.92 Å². The third-order valence-electron chi connectivity index (χ3n) is 5.94. The molecule has 1 aliphatic heterocycles. The van der Waals surface area contributed by atoms with E-state index in [0.29, 0.717) is 0 Å². The van der Waals surface area contributed by atoms with Crippen molar-refractivity contribution in [1.29, 1.82) is 0 Å². The number of rotatable bonds is 7. The van der Waals surface area contributed by atoms with Crippen LogP contribution in [0.4, 0.5) is 0 Å². The van der Waals surface area contributed by atoms with Crippen molar-refractivity contribution in [3.63, 3.8) is 0 Å². The minimum Gasteiger partial charge on any atom is -0.507 e. The van der Waals surface area contributed by atoms with E-state index < -0.39 is 60.2 Å². The summed E-state index contributed by atoms with van der Waals surface area (Å²) in [4.78, 5) is 24.8. The molecule has 1 aromatic heterocycles. The van der Waals surface area contributed by atoms with Gasteiger partial charge in [-0.1, -0.05) is 0 Å². The maximum Gasteiger partial charge on any atom is 0.302 e. The fourth-order valence-corrected chi connectivity index (χ4v) is 3.96. The zero-order valence-electron chi connectivity index (χ0n) is 20.5. The van der Waals surface area contributed by atoms with Crippen LogP contribution in [0.3, 0.4) is 0 Å². The highest BCUT2D eigenvalue weighted by molar-refractivity contribution is 5.88. The summed E-state index contributed by atoms with van der Waals surface area (Å²) in [6, 6.07) is 6.59. The van der Waals surface area contributed by atoms with E-state index in [4.69, 9.17) is 28.1 Å². The number of hydrogen-bond acceptors (Lipinski definition) is 13. The molecule has 5 unspecified atom stereocenters. The molecule has 5 N–H and O–H groups in total. The van der Waals surface area contributed by atoms with E-state index in [9.17, 15) is 35.1 Å². The second-order valence-corrected chi connectivity index (χ2v) is 8.43. The SMILES string of the molecule is COc1cc(O)c2c(=O)c(OC3OC(COC(C)=O)C(O)C(O)C3O)c(-c3ccc(O)c(OC)c3)oc2c1. The number of esters is 1. The Labute approximate surface area is 214 Å². The summed E-state index contributed by atoms with van der Waals surface area (Å²) in [5, 5.41) is 51.4. The van der Waals surface area contributed by atoms with Gasteiger partial charge in [0.25, 0.3) is 0 Å². The Kier molecular flexibility index (Phi) is 7.64. The molecule has 0 bridgehead atoms. The summed E-state index contributed by atoms with van der Waals surface area (Å²) in [5.41, 5.74) is -0.755. The van der Waals surface area contributed by atoms with Gasteiger partial charge in [-0.15, -0.1) is 0 Å². The Hall–Kier alpha value is -4.04. The molecule has 0 saturated carbocycles. The van der Waals surface area contributed by atoms with Gasteiger partial charge in [0.2, 0.25) is 17.5 Å². The number of carbonyl (C=O) groups excluding carboxylic acids is 1. The lowest BCUT2D eigenvalue weighted by molar-refractivity contribution is -0.278. The fraction of sp³-hybridized carbons (Fsp3) is 0.360. The molecule has 0 aliphatic carbocycles. The van der Waals surface area contributed by atoms with E-state index >= 15 is 0 Å². The summed E-state index contributed by atoms with van der Waals surface area (Å²) in [7, 11) is 2.67. The van der Waals surface area contributed by atoms with Gasteiger partial charge < -0.3 is 53.6 Å². The van der Waals surface area contributed by atoms with Crippen LogP contribution in [0.15, 0.2) is 39.5 Å². The molecule has 1 saturated heterocycles. The van der Waals surface area contributed by atoms with Gasteiger partial charge in [0, 0.05) is 24.6 Å². The van der Waals surface area contributed by atoms with Crippen molar-refractivity contribution in [3.8, 4) is 40.1 Å². The largest absolute Gasteiger partial charge is 0.507 e. The number of aliphatic hydroxyl groups is 3. The smallest absolute Gasteiger partial charge is 0.302 e. The second-order valence-electron chi connectivity index (χ2n) is 8.43. The van der Waals surface area contributed by atoms with Gasteiger partial charge in [0.05, 0.1) is 14.2 Å². The number of fused-ring (bicyclic) bond motifs is 1. The molecule has 204 valence electrons. The van der Waals surface area contributed by atoms with Crippen LogP contribution in [-0.4, -0.2) is 83.0 Å². The summed E-state index contributed by atoms with van der Waals surface area (Å²) in [6.07, 6.45) is -8.34. The molecule has 2 aromatic carbocycles. The number of aromatic hydroxyl groups is 2. The molecule has 13 nitrogen and oxygen atoms in total. The molecule has 0 radical (unpaired) electrons. The molecular weight excluding hydrogens is 508 g/mol. The normalized spacial score (nSPS) is 23.2. The monoisotopic (exact) mass is 534 g/mol. The van der Waals surface area contributed by atoms with Crippen molar-refractivity contribution in [3.05, 3.63) is 40.6 Å². The molecule has 2 heterocycles. The average Bonchev–Trinajstić information content (AvgIpc) is 2.89. The highest BCUT2D eigenvalue weighted by atomic mass is 16.7. The number of carbonyl (C=O) groups is 1. The zero-order valence-corrected chi connectivity index (χ0v) is 20.5. The van der Waals surface area contributed by atoms with Crippen LogP contribution < -0.4 is 19.6 Å². The number of hydrogen-bond donors (Lipinski definition) is 5. The summed E-state index contributed by atoms with van der Waals surface area (Å²) in [5.74, 6) is -1.87. The Morgan fingerprint density at radius 2 is 1.71 bits per heavy atom. The maximum atomic E-state index is 13.6. The Balaban J connectivity index is 1.86. The number of aliphatic hydroxyl groups excluding tert-OH is 3. The molecule has 0 amide bonds. The van der Waals surface area contributed by atoms with Crippen LogP contribution in [0.25, 0.3) is 22.3 Å². The minimum atomic E-state index is -1.85. The maximum absolute atomic E-state index is 13.6. The molecular formula is C25H26O13. The quantitative estimate of drug-likeness (QED) is 0.265. The van der Waals surface area contributed by atoms with Crippen LogP contribution in [0.5, 0.6) is 28.7 Å². The number of methoxy groups -OCH3 is 2. The first-order chi connectivity index (χ1) is 18.0. The summed E-state index contributed by atoms with van der Waals surface area (Å²) in [6.45, 7) is 0.656. The van der Waals surface area contributed by atoms with Gasteiger partial charge in [-0.3, -0.25) is 9.59 Å². The third-order valence-corrected chi connectivity index (χ3v) is 5.94. The van der Waals surface area contributed by atoms with Crippen LogP contribution in [0.2, 0.25) is 0 Å². The van der Waals surface area contributed by atoms with Crippen molar-refractivity contribution in [2.24, 2.45) is 0 Å². The van der Waals surface area contributed by atoms with Crippen LogP contribution in [0, 0.1) is 0 Å². The molecule has 3 aromatic rings. The first kappa shape index (κ1) is 27.0. The molecule has 1 fully saturated rings. The van der Waals surface area contributed by atoms with Gasteiger partial charge in [-0.2, -0.15) is 0 Å². The van der Waals surface area contributed by atoms with Gasteiger partial charge in [-0.05, 0) is 18.2 Å². The molecule has 13 heteroatoms. The number of phenolic OH excluding ortho intramolecular Hbond substituents is 2. The Morgan fingerprint density at radius 1 is 0.974 bits per heavy atom. The fourth-order valence-electron chi connectivity index (χ4n) is 3.96. The van der Waals surface area contributed by atoms with Crippen LogP contribution in [-0.2, 0) is 14.3 Å². The van der Waals surface area contributed by atoms with E-state index in [2.05, 4.69) is 0 Å². The first-order valence-electron chi connectivity index (χ1n) is 11.3. The topological polar surface area (TPSA) is 195 Å². The lowest BCUT2D eigenvalue weighted by Gasteiger charge is -2.39. The lowest BCUT2D eigenvalue weighted by atomic mass is 9.99. The lowest BCUT2D eigenvalue weighted by Crippen LogP contribution is -2.60. The molecule has 4 rings (SSSR count). The van der Waals surface area contributed by atoms with Crippen LogP contribution in [0.1, 0.15) is 6.92 Å². The number of phenols is 2. The Bertz CT molecular complexity index is 1400. The first-order valence-corrected chi connectivity index (χ1v) is 11.3. The number of benzene rings is 2. The molecule has 0 spiro atoms. The van der Waals surface area contributed by atoms with E-state index in [1.54, 1.807) is 0 Å². The minimum absolute atomic E-state index is 0.0404. The van der Waals surface area contributed by atoms with Crippen molar-refractivity contribution in [2.75, 3.05) is 20.8 Å². The van der Waals surface area contributed by atoms with Crippen molar-refractivity contribution in [2.45, 2.75) is 37.6 Å². The highest BCUT2D eigenvalue weighted by Gasteiger charge is 2.46. The molecule has 5 atom stereocenters. The van der Waals surface area contributed by atoms with Crippen molar-refractivity contribution < 1.29 is 58.4 Å². The predicted octanol–water partition coefficient (Wildman–Crippen LogP) is 0.638. The average molecular weight is 534 g/mol. The Morgan fingerprint density at radius 3 is 2.37 bits per heavy atom. The van der Waals surface area contributed by atoms with Gasteiger partial charge in [-0.25, -0.2) is 0 Å². The van der Waals surface area contributed by atoms with E-state index in [-0.39, 0.29) is 39.5 Å². The van der Waals surface area contributed by atoms with Gasteiger partial charge in [0.15, 0.2) is 17.3 Å². The molecule has 1 aliphatic rings. The third kappa shape index (κ3) is 5.04. The van der Waals surface area contributed by atoms with Crippen molar-refractivity contribution in [1.82, 2.24) is 0 Å². The summed E-state index contributed by atoms with van der Waals surface area (Å²) < 4.78 is 32.3. The van der Waals surface area contributed by atoms with Crippen molar-refractivity contribution >= 4 is 16.9 Å².